The third-order valence-electron chi connectivity index (χ3n) is 5.33. The van der Waals surface area contributed by atoms with Crippen molar-refractivity contribution >= 4 is 17.7 Å². The molecule has 0 saturated carbocycles. The van der Waals surface area contributed by atoms with Gasteiger partial charge in [0.2, 0.25) is 17.7 Å². The normalized spacial score (nSPS) is 12.3. The SMILES string of the molecule is CC(C)C[C@H](NC(=O)C(C)(C)C)C(=O)NCc1ccc(CNC(=O)CCCn2cncn2)cc1F. The Morgan fingerprint density at radius 2 is 1.86 bits per heavy atom. The fourth-order valence-electron chi connectivity index (χ4n) is 3.27. The Morgan fingerprint density at radius 3 is 2.46 bits per heavy atom. The summed E-state index contributed by atoms with van der Waals surface area (Å²) in [6.45, 7) is 10.1. The van der Waals surface area contributed by atoms with Gasteiger partial charge in [0.05, 0.1) is 0 Å². The molecule has 0 radical (unpaired) electrons. The first-order chi connectivity index (χ1) is 16.5. The highest BCUT2D eigenvalue weighted by Crippen LogP contribution is 2.15. The first-order valence-electron chi connectivity index (χ1n) is 11.9. The molecule has 35 heavy (non-hydrogen) atoms. The number of hydrogen-bond acceptors (Lipinski definition) is 5. The van der Waals surface area contributed by atoms with Crippen LogP contribution in [-0.2, 0) is 34.0 Å². The van der Waals surface area contributed by atoms with Crippen molar-refractivity contribution in [2.24, 2.45) is 11.3 Å². The highest BCUT2D eigenvalue weighted by Gasteiger charge is 2.28. The lowest BCUT2D eigenvalue weighted by atomic mass is 9.94. The fraction of sp³-hybridized carbons (Fsp3) is 0.560. The van der Waals surface area contributed by atoms with Crippen molar-refractivity contribution in [1.29, 1.82) is 0 Å². The van der Waals surface area contributed by atoms with E-state index in [1.165, 1.54) is 12.4 Å². The molecule has 0 unspecified atom stereocenters. The number of nitrogens with one attached hydrogen (secondary N) is 3. The van der Waals surface area contributed by atoms with E-state index in [-0.39, 0.29) is 36.7 Å². The van der Waals surface area contributed by atoms with E-state index < -0.39 is 17.3 Å². The second-order valence-corrected chi connectivity index (χ2v) is 10.1. The van der Waals surface area contributed by atoms with Gasteiger partial charge in [0.25, 0.3) is 0 Å². The van der Waals surface area contributed by atoms with Gasteiger partial charge in [-0.15, -0.1) is 0 Å². The molecule has 0 fully saturated rings. The second kappa shape index (κ2) is 13.0. The third kappa shape index (κ3) is 9.84. The minimum absolute atomic E-state index is 0.000422. The highest BCUT2D eigenvalue weighted by molar-refractivity contribution is 5.89. The van der Waals surface area contributed by atoms with Crippen LogP contribution in [0.25, 0.3) is 0 Å². The van der Waals surface area contributed by atoms with E-state index in [2.05, 4.69) is 26.0 Å². The molecule has 0 aliphatic heterocycles. The topological polar surface area (TPSA) is 118 Å². The summed E-state index contributed by atoms with van der Waals surface area (Å²) in [6, 6.07) is 3.97. The lowest BCUT2D eigenvalue weighted by Gasteiger charge is -2.25. The molecule has 0 spiro atoms. The van der Waals surface area contributed by atoms with Crippen LogP contribution in [0.15, 0.2) is 30.9 Å². The smallest absolute Gasteiger partial charge is 0.242 e. The lowest BCUT2D eigenvalue weighted by Crippen LogP contribution is -2.50. The fourth-order valence-corrected chi connectivity index (χ4v) is 3.27. The van der Waals surface area contributed by atoms with E-state index in [1.54, 1.807) is 43.9 Å². The summed E-state index contributed by atoms with van der Waals surface area (Å²) in [7, 11) is 0. The minimum atomic E-state index is -0.691. The molecule has 192 valence electrons. The number of aryl methyl sites for hydroxylation is 1. The molecular formula is C25H37FN6O3. The number of benzene rings is 1. The summed E-state index contributed by atoms with van der Waals surface area (Å²) in [4.78, 5) is 41.0. The number of nitrogens with zero attached hydrogens (tertiary/aromatic N) is 3. The van der Waals surface area contributed by atoms with Crippen LogP contribution in [0.5, 0.6) is 0 Å². The van der Waals surface area contributed by atoms with Crippen LogP contribution in [0.3, 0.4) is 0 Å². The molecule has 0 aliphatic rings. The summed E-state index contributed by atoms with van der Waals surface area (Å²) in [6.07, 6.45) is 4.47. The first-order valence-corrected chi connectivity index (χ1v) is 11.9. The van der Waals surface area contributed by atoms with Gasteiger partial charge in [0.1, 0.15) is 24.5 Å². The highest BCUT2D eigenvalue weighted by atomic mass is 19.1. The van der Waals surface area contributed by atoms with Crippen molar-refractivity contribution in [3.05, 3.63) is 47.8 Å². The van der Waals surface area contributed by atoms with Gasteiger partial charge in [-0.2, -0.15) is 5.10 Å². The van der Waals surface area contributed by atoms with E-state index >= 15 is 0 Å². The first kappa shape index (κ1) is 27.9. The maximum Gasteiger partial charge on any atom is 0.242 e. The molecule has 9 nitrogen and oxygen atoms in total. The Balaban J connectivity index is 1.84. The van der Waals surface area contributed by atoms with Crippen molar-refractivity contribution in [3.63, 3.8) is 0 Å². The molecule has 3 amide bonds. The Bertz CT molecular complexity index is 986. The number of rotatable bonds is 12. The van der Waals surface area contributed by atoms with Gasteiger partial charge in [0, 0.05) is 37.0 Å². The van der Waals surface area contributed by atoms with Crippen LogP contribution < -0.4 is 16.0 Å². The van der Waals surface area contributed by atoms with Gasteiger partial charge < -0.3 is 16.0 Å². The predicted octanol–water partition coefficient (Wildman–Crippen LogP) is 2.71. The summed E-state index contributed by atoms with van der Waals surface area (Å²) in [5.41, 5.74) is 0.327. The summed E-state index contributed by atoms with van der Waals surface area (Å²) >= 11 is 0. The minimum Gasteiger partial charge on any atom is -0.352 e. The molecule has 1 aromatic carbocycles. The van der Waals surface area contributed by atoms with Crippen LogP contribution in [0.4, 0.5) is 4.39 Å². The zero-order valence-electron chi connectivity index (χ0n) is 21.2. The molecule has 0 bridgehead atoms. The van der Waals surface area contributed by atoms with Crippen LogP contribution in [-0.4, -0.2) is 38.5 Å². The molecule has 0 saturated heterocycles. The number of aromatic nitrogens is 3. The van der Waals surface area contributed by atoms with Crippen LogP contribution in [0.1, 0.15) is 65.0 Å². The number of hydrogen-bond donors (Lipinski definition) is 3. The zero-order valence-corrected chi connectivity index (χ0v) is 21.2. The van der Waals surface area contributed by atoms with Crippen molar-refractivity contribution < 1.29 is 18.8 Å². The number of amides is 3. The number of carbonyl (C=O) groups excluding carboxylic acids is 3. The Labute approximate surface area is 206 Å². The largest absolute Gasteiger partial charge is 0.352 e. The van der Waals surface area contributed by atoms with Gasteiger partial charge in [-0.25, -0.2) is 9.37 Å². The van der Waals surface area contributed by atoms with E-state index in [4.69, 9.17) is 0 Å². The average Bonchev–Trinajstić information content (AvgIpc) is 3.29. The van der Waals surface area contributed by atoms with Crippen molar-refractivity contribution in [3.8, 4) is 0 Å². The number of carbonyl (C=O) groups is 3. The molecule has 1 atom stereocenters. The van der Waals surface area contributed by atoms with E-state index in [1.807, 2.05) is 13.8 Å². The maximum atomic E-state index is 14.6. The van der Waals surface area contributed by atoms with Crippen molar-refractivity contribution in [2.45, 2.75) is 79.6 Å². The molecule has 1 aromatic heterocycles. The van der Waals surface area contributed by atoms with Gasteiger partial charge >= 0.3 is 0 Å². The third-order valence-corrected chi connectivity index (χ3v) is 5.33. The summed E-state index contributed by atoms with van der Waals surface area (Å²) < 4.78 is 16.3. The van der Waals surface area contributed by atoms with Crippen LogP contribution in [0, 0.1) is 17.2 Å². The second-order valence-electron chi connectivity index (χ2n) is 10.1. The van der Waals surface area contributed by atoms with E-state index in [9.17, 15) is 18.8 Å². The lowest BCUT2D eigenvalue weighted by molar-refractivity contribution is -0.133. The standard InChI is InChI=1S/C25H37FN6O3/c1-17(2)11-21(31-24(35)25(3,4)5)23(34)29-14-19-9-8-18(12-20(19)26)13-28-22(33)7-6-10-32-16-27-15-30-32/h8-9,12,15-17,21H,6-7,10-11,13-14H2,1-5H3,(H,28,33)(H,29,34)(H,31,35)/t21-/m0/s1. The quantitative estimate of drug-likeness (QED) is 0.425. The molecule has 1 heterocycles. The maximum absolute atomic E-state index is 14.6. The Morgan fingerprint density at radius 1 is 1.11 bits per heavy atom. The Hall–Kier alpha value is -3.30. The predicted molar refractivity (Wildman–Crippen MR) is 130 cm³/mol. The van der Waals surface area contributed by atoms with Crippen molar-refractivity contribution in [2.75, 3.05) is 0 Å². The molecule has 2 rings (SSSR count). The van der Waals surface area contributed by atoms with Gasteiger partial charge in [-0.1, -0.05) is 46.8 Å². The molecule has 3 N–H and O–H groups in total. The van der Waals surface area contributed by atoms with E-state index in [0.717, 1.165) is 0 Å². The molecule has 2 aromatic rings. The monoisotopic (exact) mass is 488 g/mol. The van der Waals surface area contributed by atoms with Gasteiger partial charge in [0.15, 0.2) is 0 Å². The molecular weight excluding hydrogens is 451 g/mol. The van der Waals surface area contributed by atoms with Gasteiger partial charge in [-0.05, 0) is 30.4 Å². The zero-order chi connectivity index (χ0) is 26.0. The average molecular weight is 489 g/mol. The summed E-state index contributed by atoms with van der Waals surface area (Å²) in [5, 5.41) is 12.3. The van der Waals surface area contributed by atoms with Crippen LogP contribution in [0.2, 0.25) is 0 Å². The molecule has 0 aliphatic carbocycles. The summed E-state index contributed by atoms with van der Waals surface area (Å²) in [5.74, 6) is -0.968. The van der Waals surface area contributed by atoms with Crippen LogP contribution >= 0.6 is 0 Å². The Kier molecular flexibility index (Phi) is 10.4. The molecule has 10 heteroatoms. The van der Waals surface area contributed by atoms with Gasteiger partial charge in [-0.3, -0.25) is 19.1 Å². The number of halogens is 1. The van der Waals surface area contributed by atoms with E-state index in [0.29, 0.717) is 36.9 Å². The van der Waals surface area contributed by atoms with Crippen molar-refractivity contribution in [1.82, 2.24) is 30.7 Å².